The topological polar surface area (TPSA) is 100 Å². The number of benzene rings is 1. The Balaban J connectivity index is 1.76. The number of alkyl halides is 3. The van der Waals surface area contributed by atoms with Crippen molar-refractivity contribution < 1.29 is 27.6 Å². The normalized spacial score (nSPS) is 13.3. The molecule has 1 heterocycles. The largest absolute Gasteiger partial charge is 0.417 e. The lowest BCUT2D eigenvalue weighted by atomic mass is 10.0. The Morgan fingerprint density at radius 3 is 2.58 bits per heavy atom. The van der Waals surface area contributed by atoms with Crippen LogP contribution in [0.4, 0.5) is 18.3 Å². The first kappa shape index (κ1) is 24.8. The molecule has 1 aromatic heterocycles. The molecule has 7 nitrogen and oxygen atoms in total. The number of aryl methyl sites for hydroxylation is 1. The van der Waals surface area contributed by atoms with Gasteiger partial charge in [0.15, 0.2) is 5.13 Å². The average Bonchev–Trinajstić information content (AvgIpc) is 3.52. The van der Waals surface area contributed by atoms with Gasteiger partial charge in [-0.15, -0.1) is 0 Å². The first-order valence-corrected chi connectivity index (χ1v) is 11.6. The second-order valence-corrected chi connectivity index (χ2v) is 9.63. The molecular formula is C21H21F3N4O3S2. The van der Waals surface area contributed by atoms with Gasteiger partial charge >= 0.3 is 6.18 Å². The highest BCUT2D eigenvalue weighted by atomic mass is 32.2. The molecule has 1 aliphatic rings. The number of amides is 3. The number of rotatable bonds is 9. The molecule has 3 N–H and O–H groups in total. The van der Waals surface area contributed by atoms with E-state index in [0.717, 1.165) is 36.7 Å². The van der Waals surface area contributed by atoms with E-state index in [9.17, 15) is 27.6 Å². The second kappa shape index (κ2) is 10.4. The predicted octanol–water partition coefficient (Wildman–Crippen LogP) is 4.00. The fourth-order valence-corrected chi connectivity index (χ4v) is 4.72. The summed E-state index contributed by atoms with van der Waals surface area (Å²) in [5, 5.41) is 7.96. The van der Waals surface area contributed by atoms with E-state index in [1.54, 1.807) is 0 Å². The highest BCUT2D eigenvalue weighted by Crippen LogP contribution is 2.40. The van der Waals surface area contributed by atoms with Crippen molar-refractivity contribution >= 4 is 46.0 Å². The van der Waals surface area contributed by atoms with Crippen LogP contribution in [0, 0.1) is 12.8 Å². The Morgan fingerprint density at radius 2 is 1.94 bits per heavy atom. The summed E-state index contributed by atoms with van der Waals surface area (Å²) < 4.78 is 41.4. The first-order chi connectivity index (χ1) is 15.6. The van der Waals surface area contributed by atoms with Gasteiger partial charge in [0.1, 0.15) is 0 Å². The average molecular weight is 499 g/mol. The van der Waals surface area contributed by atoms with Crippen molar-refractivity contribution in [2.45, 2.75) is 35.0 Å². The highest BCUT2D eigenvalue weighted by Gasteiger charge is 2.36. The summed E-state index contributed by atoms with van der Waals surface area (Å²) in [7, 11) is 0. The van der Waals surface area contributed by atoms with Gasteiger partial charge in [-0.25, -0.2) is 4.98 Å². The number of nitrogens with one attached hydrogen (secondary N) is 3. The van der Waals surface area contributed by atoms with Gasteiger partial charge in [0.25, 0.3) is 5.91 Å². The van der Waals surface area contributed by atoms with Gasteiger partial charge in [0.2, 0.25) is 11.8 Å². The maximum Gasteiger partial charge on any atom is 0.417 e. The molecule has 0 radical (unpaired) electrons. The van der Waals surface area contributed by atoms with Crippen LogP contribution in [-0.4, -0.2) is 35.8 Å². The molecule has 0 bridgehead atoms. The van der Waals surface area contributed by atoms with Gasteiger partial charge in [0.05, 0.1) is 21.5 Å². The molecule has 0 saturated heterocycles. The minimum absolute atomic E-state index is 0.0216. The van der Waals surface area contributed by atoms with Crippen molar-refractivity contribution in [3.63, 3.8) is 0 Å². The van der Waals surface area contributed by atoms with Crippen molar-refractivity contribution in [3.8, 4) is 0 Å². The number of nitrogens with zero attached hydrogens (tertiary/aromatic N) is 1. The number of anilines is 1. The van der Waals surface area contributed by atoms with Crippen LogP contribution in [0.3, 0.4) is 0 Å². The van der Waals surface area contributed by atoms with E-state index in [1.807, 2.05) is 0 Å². The summed E-state index contributed by atoms with van der Waals surface area (Å²) in [5.74, 6) is -1.42. The number of halogens is 3. The molecule has 12 heteroatoms. The van der Waals surface area contributed by atoms with E-state index in [-0.39, 0.29) is 24.9 Å². The number of carbonyl (C=O) groups is 3. The van der Waals surface area contributed by atoms with Crippen LogP contribution < -0.4 is 16.0 Å². The van der Waals surface area contributed by atoms with Crippen LogP contribution in [0.2, 0.25) is 0 Å². The summed E-state index contributed by atoms with van der Waals surface area (Å²) in [6.45, 7) is 4.81. The Hall–Kier alpha value is -2.86. The minimum Gasteiger partial charge on any atom is -0.351 e. The van der Waals surface area contributed by atoms with Crippen molar-refractivity contribution in [2.75, 3.05) is 18.4 Å². The van der Waals surface area contributed by atoms with Gasteiger partial charge < -0.3 is 16.0 Å². The van der Waals surface area contributed by atoms with Gasteiger partial charge in [-0.05, 0) is 43.5 Å². The predicted molar refractivity (Wildman–Crippen MR) is 119 cm³/mol. The zero-order valence-corrected chi connectivity index (χ0v) is 19.2. The molecule has 33 heavy (non-hydrogen) atoms. The molecule has 0 unspecified atom stereocenters. The number of aromatic nitrogens is 1. The monoisotopic (exact) mass is 498 g/mol. The summed E-state index contributed by atoms with van der Waals surface area (Å²) in [4.78, 5) is 40.1. The molecular weight excluding hydrogens is 477 g/mol. The Morgan fingerprint density at radius 1 is 1.24 bits per heavy atom. The van der Waals surface area contributed by atoms with E-state index >= 15 is 0 Å². The smallest absolute Gasteiger partial charge is 0.351 e. The molecule has 1 fully saturated rings. The van der Waals surface area contributed by atoms with Crippen molar-refractivity contribution in [1.82, 2.24) is 15.6 Å². The molecule has 2 aromatic rings. The molecule has 1 saturated carbocycles. The fraction of sp³-hybridized carbons (Fsp3) is 0.333. The van der Waals surface area contributed by atoms with Crippen LogP contribution in [0.15, 0.2) is 40.1 Å². The zero-order chi connectivity index (χ0) is 24.2. The lowest BCUT2D eigenvalue weighted by Crippen LogP contribution is -2.34. The molecule has 1 aromatic carbocycles. The van der Waals surface area contributed by atoms with Crippen LogP contribution in [0.1, 0.15) is 34.3 Å². The second-order valence-electron chi connectivity index (χ2n) is 7.26. The molecule has 3 amide bonds. The minimum atomic E-state index is -4.72. The number of hydrogen-bond acceptors (Lipinski definition) is 6. The third kappa shape index (κ3) is 6.81. The van der Waals surface area contributed by atoms with Crippen LogP contribution in [0.25, 0.3) is 0 Å². The van der Waals surface area contributed by atoms with Crippen molar-refractivity contribution in [1.29, 1.82) is 0 Å². The Kier molecular flexibility index (Phi) is 7.80. The molecule has 0 spiro atoms. The number of thiazole rings is 1. The van der Waals surface area contributed by atoms with Gasteiger partial charge in [-0.3, -0.25) is 14.4 Å². The summed E-state index contributed by atoms with van der Waals surface area (Å²) in [6, 6.07) is 2.14. The zero-order valence-electron chi connectivity index (χ0n) is 17.5. The summed E-state index contributed by atoms with van der Waals surface area (Å²) in [5.41, 5.74) is -1.21. The van der Waals surface area contributed by atoms with E-state index in [0.29, 0.717) is 19.8 Å². The Bertz CT molecular complexity index is 1080. The lowest BCUT2D eigenvalue weighted by molar-refractivity contribution is -0.138. The van der Waals surface area contributed by atoms with Crippen LogP contribution in [0.5, 0.6) is 0 Å². The maximum absolute atomic E-state index is 13.6. The van der Waals surface area contributed by atoms with Gasteiger partial charge in [-0.2, -0.15) is 13.2 Å². The number of hydrogen-bond donors (Lipinski definition) is 3. The van der Waals surface area contributed by atoms with Crippen LogP contribution in [-0.2, 0) is 15.8 Å². The highest BCUT2D eigenvalue weighted by molar-refractivity contribution is 8.01. The lowest BCUT2D eigenvalue weighted by Gasteiger charge is -2.16. The third-order valence-corrected chi connectivity index (χ3v) is 6.81. The van der Waals surface area contributed by atoms with Gasteiger partial charge in [-0.1, -0.05) is 29.7 Å². The van der Waals surface area contributed by atoms with Crippen molar-refractivity contribution in [2.24, 2.45) is 5.92 Å². The molecule has 176 valence electrons. The molecule has 0 aliphatic heterocycles. The standard InChI is InChI=1S/C21H21F3N4O3S2/c1-3-16(29)25-6-7-26-19(31)13-9-15(11(2)8-14(13)21(22,23)24)32-17-10-27-20(33-17)28-18(30)12-4-5-12/h3,8-10,12H,1,4-7H2,2H3,(H,25,29)(H,26,31)(H,27,28,30). The summed E-state index contributed by atoms with van der Waals surface area (Å²) in [6.07, 6.45) is -0.432. The van der Waals surface area contributed by atoms with Crippen molar-refractivity contribution in [3.05, 3.63) is 47.7 Å². The van der Waals surface area contributed by atoms with E-state index < -0.39 is 29.1 Å². The Labute approximate surface area is 196 Å². The first-order valence-electron chi connectivity index (χ1n) is 9.93. The van der Waals surface area contributed by atoms with E-state index in [1.165, 1.54) is 30.5 Å². The molecule has 1 aliphatic carbocycles. The molecule has 0 atom stereocenters. The fourth-order valence-electron chi connectivity index (χ4n) is 2.78. The van der Waals surface area contributed by atoms with E-state index in [2.05, 4.69) is 27.5 Å². The maximum atomic E-state index is 13.6. The quantitative estimate of drug-likeness (QED) is 0.359. The third-order valence-electron chi connectivity index (χ3n) is 4.63. The SMILES string of the molecule is C=CC(=O)NCCNC(=O)c1cc(Sc2cnc(NC(=O)C3CC3)s2)c(C)cc1C(F)(F)F. The summed E-state index contributed by atoms with van der Waals surface area (Å²) >= 11 is 2.37. The van der Waals surface area contributed by atoms with Gasteiger partial charge in [0, 0.05) is 23.9 Å². The molecule has 3 rings (SSSR count). The van der Waals surface area contributed by atoms with E-state index in [4.69, 9.17) is 0 Å². The number of carbonyl (C=O) groups excluding carboxylic acids is 3. The van der Waals surface area contributed by atoms with Crippen LogP contribution >= 0.6 is 23.1 Å².